The summed E-state index contributed by atoms with van der Waals surface area (Å²) < 4.78 is 0.932. The Morgan fingerprint density at radius 3 is 2.29 bits per heavy atom. The van der Waals surface area contributed by atoms with Gasteiger partial charge in [0.1, 0.15) is 0 Å². The highest BCUT2D eigenvalue weighted by molar-refractivity contribution is 9.10. The van der Waals surface area contributed by atoms with Gasteiger partial charge in [0.15, 0.2) is 0 Å². The predicted octanol–water partition coefficient (Wildman–Crippen LogP) is 3.29. The van der Waals surface area contributed by atoms with E-state index in [0.29, 0.717) is 6.61 Å². The van der Waals surface area contributed by atoms with Crippen LogP contribution < -0.4 is 5.90 Å². The minimum Gasteiger partial charge on any atom is -0.300 e. The van der Waals surface area contributed by atoms with Gasteiger partial charge in [0.05, 0.1) is 6.61 Å². The maximum Gasteiger partial charge on any atom is 0.0945 e. The van der Waals surface area contributed by atoms with Crippen molar-refractivity contribution in [2.24, 2.45) is 5.90 Å². The Hall–Kier alpha value is -0.450. The Kier molecular flexibility index (Phi) is 14.3. The van der Waals surface area contributed by atoms with Crippen LogP contribution in [0.5, 0.6) is 0 Å². The molecule has 0 aromatic carbocycles. The van der Waals surface area contributed by atoms with Gasteiger partial charge in [-0.2, -0.15) is 0 Å². The zero-order valence-electron chi connectivity index (χ0n) is 9.25. The third-order valence-electron chi connectivity index (χ3n) is 1.01. The molecule has 0 aliphatic rings. The lowest BCUT2D eigenvalue weighted by Crippen LogP contribution is -1.98. The average molecular weight is 263 g/mol. The van der Waals surface area contributed by atoms with Crippen LogP contribution in [0.4, 0.5) is 0 Å². The van der Waals surface area contributed by atoms with Gasteiger partial charge in [-0.05, 0) is 27.6 Å². The molecular weight excluding hydrogens is 244 g/mol. The molecule has 0 unspecified atom stereocenters. The summed E-state index contributed by atoms with van der Waals surface area (Å²) in [7, 11) is 0. The Morgan fingerprint density at radius 2 is 1.86 bits per heavy atom. The molecule has 14 heavy (non-hydrogen) atoms. The first kappa shape index (κ1) is 16.0. The van der Waals surface area contributed by atoms with Crippen molar-refractivity contribution in [2.45, 2.75) is 34.3 Å². The zero-order chi connectivity index (χ0) is 11.4. The van der Waals surface area contributed by atoms with Crippen LogP contribution in [0.2, 0.25) is 0 Å². The number of hydrogen-bond donors (Lipinski definition) is 1. The third kappa shape index (κ3) is 8.16. The minimum atomic E-state index is 0.395. The van der Waals surface area contributed by atoms with Gasteiger partial charge in [0, 0.05) is 16.9 Å². The molecule has 1 heterocycles. The number of rotatable bonds is 2. The lowest BCUT2D eigenvalue weighted by molar-refractivity contribution is 0.124. The predicted molar refractivity (Wildman–Crippen MR) is 63.6 cm³/mol. The number of pyridine rings is 1. The maximum atomic E-state index is 4.87. The van der Waals surface area contributed by atoms with Crippen molar-refractivity contribution in [3.8, 4) is 0 Å². The fourth-order valence-electron chi connectivity index (χ4n) is 0.631. The summed E-state index contributed by atoms with van der Waals surface area (Å²) in [6.07, 6.45) is 3.41. The first-order chi connectivity index (χ1) is 6.83. The van der Waals surface area contributed by atoms with E-state index >= 15 is 0 Å². The number of nitrogens with two attached hydrogens (primary N) is 1. The SMILES string of the molecule is CC.CC.NOCc1cncc(Br)c1. The first-order valence-electron chi connectivity index (χ1n) is 4.74. The van der Waals surface area contributed by atoms with Gasteiger partial charge in [-0.25, -0.2) is 5.90 Å². The normalized spacial score (nSPS) is 7.86. The lowest BCUT2D eigenvalue weighted by atomic mass is 10.3. The van der Waals surface area contributed by atoms with Crippen LogP contribution >= 0.6 is 15.9 Å². The molecule has 4 heteroatoms. The fraction of sp³-hybridized carbons (Fsp3) is 0.500. The molecule has 0 aliphatic heterocycles. The molecule has 0 bridgehead atoms. The van der Waals surface area contributed by atoms with E-state index in [1.54, 1.807) is 12.4 Å². The van der Waals surface area contributed by atoms with Crippen molar-refractivity contribution in [2.75, 3.05) is 0 Å². The van der Waals surface area contributed by atoms with Gasteiger partial charge in [-0.3, -0.25) is 9.82 Å². The first-order valence-corrected chi connectivity index (χ1v) is 5.53. The molecule has 2 N–H and O–H groups in total. The number of hydrogen-bond acceptors (Lipinski definition) is 3. The molecule has 0 atom stereocenters. The second-order valence-corrected chi connectivity index (χ2v) is 2.74. The van der Waals surface area contributed by atoms with Crippen molar-refractivity contribution in [3.63, 3.8) is 0 Å². The van der Waals surface area contributed by atoms with Gasteiger partial charge in [0.25, 0.3) is 0 Å². The van der Waals surface area contributed by atoms with Crippen LogP contribution in [0.1, 0.15) is 33.3 Å². The molecule has 3 nitrogen and oxygen atoms in total. The Labute approximate surface area is 94.8 Å². The number of nitrogens with zero attached hydrogens (tertiary/aromatic N) is 1. The summed E-state index contributed by atoms with van der Waals surface area (Å²) in [5.41, 5.74) is 0.955. The van der Waals surface area contributed by atoms with E-state index in [9.17, 15) is 0 Å². The highest BCUT2D eigenvalue weighted by atomic mass is 79.9. The van der Waals surface area contributed by atoms with Gasteiger partial charge >= 0.3 is 0 Å². The highest BCUT2D eigenvalue weighted by Gasteiger charge is 1.91. The summed E-state index contributed by atoms with van der Waals surface area (Å²) in [5.74, 6) is 4.87. The largest absolute Gasteiger partial charge is 0.300 e. The molecule has 1 aromatic rings. The summed E-state index contributed by atoms with van der Waals surface area (Å²) in [5, 5.41) is 0. The van der Waals surface area contributed by atoms with E-state index in [4.69, 9.17) is 5.90 Å². The summed E-state index contributed by atoms with van der Waals surface area (Å²) in [6.45, 7) is 8.40. The molecule has 0 fully saturated rings. The van der Waals surface area contributed by atoms with Crippen LogP contribution in [0, 0.1) is 0 Å². The standard InChI is InChI=1S/C6H7BrN2O.2C2H6/c7-6-1-5(4-10-8)2-9-3-6;2*1-2/h1-3H,4,8H2;2*1-2H3. The van der Waals surface area contributed by atoms with Gasteiger partial charge in [-0.15, -0.1) is 0 Å². The lowest BCUT2D eigenvalue weighted by Gasteiger charge is -1.96. The van der Waals surface area contributed by atoms with E-state index in [-0.39, 0.29) is 0 Å². The quantitative estimate of drug-likeness (QED) is 0.833. The molecular formula is C10H19BrN2O. The molecule has 1 rings (SSSR count). The van der Waals surface area contributed by atoms with Crippen LogP contribution in [0.3, 0.4) is 0 Å². The van der Waals surface area contributed by atoms with Crippen LogP contribution in [0.15, 0.2) is 22.9 Å². The van der Waals surface area contributed by atoms with Crippen molar-refractivity contribution < 1.29 is 4.84 Å². The average Bonchev–Trinajstić information content (AvgIpc) is 2.24. The van der Waals surface area contributed by atoms with E-state index < -0.39 is 0 Å². The summed E-state index contributed by atoms with van der Waals surface area (Å²) >= 11 is 3.27. The second kappa shape index (κ2) is 12.6. The summed E-state index contributed by atoms with van der Waals surface area (Å²) in [6, 6.07) is 1.90. The highest BCUT2D eigenvalue weighted by Crippen LogP contribution is 2.09. The molecule has 0 saturated carbocycles. The minimum absolute atomic E-state index is 0.395. The van der Waals surface area contributed by atoms with Gasteiger partial charge in [-0.1, -0.05) is 27.7 Å². The molecule has 0 saturated heterocycles. The van der Waals surface area contributed by atoms with E-state index in [2.05, 4.69) is 25.8 Å². The van der Waals surface area contributed by atoms with Crippen LogP contribution in [-0.2, 0) is 11.4 Å². The van der Waals surface area contributed by atoms with Gasteiger partial charge in [0.2, 0.25) is 0 Å². The van der Waals surface area contributed by atoms with Crippen molar-refractivity contribution >= 4 is 15.9 Å². The van der Waals surface area contributed by atoms with Crippen molar-refractivity contribution in [1.82, 2.24) is 4.98 Å². The van der Waals surface area contributed by atoms with E-state index in [0.717, 1.165) is 10.0 Å². The second-order valence-electron chi connectivity index (χ2n) is 1.82. The molecule has 82 valence electrons. The van der Waals surface area contributed by atoms with Gasteiger partial charge < -0.3 is 0 Å². The van der Waals surface area contributed by atoms with E-state index in [1.807, 2.05) is 33.8 Å². The zero-order valence-corrected chi connectivity index (χ0v) is 10.8. The van der Waals surface area contributed by atoms with Crippen LogP contribution in [0.25, 0.3) is 0 Å². The molecule has 1 aromatic heterocycles. The maximum absolute atomic E-state index is 4.87. The smallest absolute Gasteiger partial charge is 0.0945 e. The van der Waals surface area contributed by atoms with Crippen molar-refractivity contribution in [3.05, 3.63) is 28.5 Å². The van der Waals surface area contributed by atoms with Crippen molar-refractivity contribution in [1.29, 1.82) is 0 Å². The number of aromatic nitrogens is 1. The topological polar surface area (TPSA) is 48.1 Å². The third-order valence-corrected chi connectivity index (χ3v) is 1.45. The molecule has 0 amide bonds. The Balaban J connectivity index is 0. The monoisotopic (exact) mass is 262 g/mol. The molecule has 0 radical (unpaired) electrons. The summed E-state index contributed by atoms with van der Waals surface area (Å²) in [4.78, 5) is 8.34. The van der Waals surface area contributed by atoms with Crippen LogP contribution in [-0.4, -0.2) is 4.98 Å². The fourth-order valence-corrected chi connectivity index (χ4v) is 1.04. The Morgan fingerprint density at radius 1 is 1.29 bits per heavy atom. The molecule has 0 spiro atoms. The molecule has 0 aliphatic carbocycles. The Bertz CT molecular complexity index is 219. The number of halogens is 1. The van der Waals surface area contributed by atoms with E-state index in [1.165, 1.54) is 0 Å².